The SMILES string of the molecule is Cn1c(-c2ccccc2C(F)(F)F)nnc1C12CCCC(C1)C(c1noc(C3CC(F)(F)C3)n1)CC2. The van der Waals surface area contributed by atoms with E-state index in [0.29, 0.717) is 17.5 Å². The minimum atomic E-state index is -4.49. The highest BCUT2D eigenvalue weighted by molar-refractivity contribution is 5.61. The van der Waals surface area contributed by atoms with Gasteiger partial charge < -0.3 is 9.09 Å². The van der Waals surface area contributed by atoms with Crippen LogP contribution in [0.4, 0.5) is 22.0 Å². The molecule has 3 atom stereocenters. The fraction of sp³-hybridized carbons (Fsp3) is 0.600. The van der Waals surface area contributed by atoms with Crippen LogP contribution in [0.5, 0.6) is 0 Å². The summed E-state index contributed by atoms with van der Waals surface area (Å²) in [5, 5.41) is 12.8. The van der Waals surface area contributed by atoms with Gasteiger partial charge in [0.2, 0.25) is 11.8 Å². The van der Waals surface area contributed by atoms with Crippen LogP contribution in [-0.2, 0) is 18.6 Å². The van der Waals surface area contributed by atoms with Gasteiger partial charge in [0.1, 0.15) is 5.82 Å². The number of fused-ring (bicyclic) bond motifs is 2. The van der Waals surface area contributed by atoms with E-state index in [0.717, 1.165) is 44.6 Å². The van der Waals surface area contributed by atoms with Gasteiger partial charge in [0.05, 0.1) is 5.56 Å². The summed E-state index contributed by atoms with van der Waals surface area (Å²) in [4.78, 5) is 4.51. The summed E-state index contributed by atoms with van der Waals surface area (Å²) < 4.78 is 74.5. The number of nitrogens with zero attached hydrogens (tertiary/aromatic N) is 5. The second kappa shape index (κ2) is 8.08. The highest BCUT2D eigenvalue weighted by atomic mass is 19.4. The highest BCUT2D eigenvalue weighted by Gasteiger charge is 2.51. The number of rotatable bonds is 4. The lowest BCUT2D eigenvalue weighted by atomic mass is 9.58. The zero-order valence-corrected chi connectivity index (χ0v) is 19.7. The molecule has 6 nitrogen and oxygen atoms in total. The lowest BCUT2D eigenvalue weighted by Crippen LogP contribution is -2.42. The molecule has 2 bridgehead atoms. The van der Waals surface area contributed by atoms with Crippen LogP contribution in [0.1, 0.15) is 86.3 Å². The van der Waals surface area contributed by atoms with Crippen LogP contribution < -0.4 is 0 Å². The Morgan fingerprint density at radius 3 is 2.56 bits per heavy atom. The van der Waals surface area contributed by atoms with Crippen molar-refractivity contribution in [2.24, 2.45) is 13.0 Å². The molecular weight excluding hydrogens is 481 g/mol. The standard InChI is InChI=1S/C25H26F5N5O/c1-35-20(17-6-2-3-7-18(17)25(28,29)30)32-33-22(35)23-9-4-5-14(11-23)16(8-10-23)19-31-21(36-34-19)15-12-24(26,27)13-15/h2-3,6-7,14-16H,4-5,8-13H2,1H3. The summed E-state index contributed by atoms with van der Waals surface area (Å²) in [5.41, 5.74) is -0.994. The van der Waals surface area contributed by atoms with E-state index in [2.05, 4.69) is 20.3 Å². The summed E-state index contributed by atoms with van der Waals surface area (Å²) in [6.45, 7) is 0. The van der Waals surface area contributed by atoms with Crippen LogP contribution in [0.15, 0.2) is 28.8 Å². The largest absolute Gasteiger partial charge is 0.417 e. The third-order valence-corrected chi connectivity index (χ3v) is 8.44. The van der Waals surface area contributed by atoms with Crippen molar-refractivity contribution in [3.8, 4) is 11.4 Å². The van der Waals surface area contributed by atoms with Gasteiger partial charge in [-0.05, 0) is 44.1 Å². The van der Waals surface area contributed by atoms with E-state index in [-0.39, 0.29) is 47.4 Å². The Hall–Kier alpha value is -2.85. The van der Waals surface area contributed by atoms with Gasteiger partial charge in [-0.2, -0.15) is 18.2 Å². The van der Waals surface area contributed by atoms with Crippen molar-refractivity contribution in [1.29, 1.82) is 0 Å². The molecule has 3 saturated carbocycles. The molecule has 3 aliphatic carbocycles. The maximum absolute atomic E-state index is 13.6. The predicted octanol–water partition coefficient (Wildman–Crippen LogP) is 6.40. The van der Waals surface area contributed by atoms with E-state index in [9.17, 15) is 22.0 Å². The number of hydrogen-bond donors (Lipinski definition) is 0. The molecule has 2 heterocycles. The van der Waals surface area contributed by atoms with E-state index in [1.165, 1.54) is 12.1 Å². The number of hydrogen-bond acceptors (Lipinski definition) is 5. The van der Waals surface area contributed by atoms with Crippen LogP contribution in [0.2, 0.25) is 0 Å². The van der Waals surface area contributed by atoms with Crippen LogP contribution in [-0.4, -0.2) is 30.8 Å². The Kier molecular flexibility index (Phi) is 5.28. The first-order valence-corrected chi connectivity index (χ1v) is 12.3. The zero-order chi connectivity index (χ0) is 25.3. The monoisotopic (exact) mass is 507 g/mol. The highest BCUT2D eigenvalue weighted by Crippen LogP contribution is 2.55. The molecule has 0 radical (unpaired) electrons. The normalized spacial score (nSPS) is 28.2. The molecule has 3 fully saturated rings. The molecule has 0 N–H and O–H groups in total. The van der Waals surface area contributed by atoms with E-state index in [1.807, 2.05) is 0 Å². The molecule has 2 aromatic heterocycles. The molecule has 0 spiro atoms. The Morgan fingerprint density at radius 1 is 1.03 bits per heavy atom. The van der Waals surface area contributed by atoms with Crippen molar-refractivity contribution in [2.75, 3.05) is 0 Å². The zero-order valence-electron chi connectivity index (χ0n) is 19.7. The average molecular weight is 508 g/mol. The molecule has 3 unspecified atom stereocenters. The minimum absolute atomic E-state index is 0.0181. The molecule has 1 aromatic carbocycles. The van der Waals surface area contributed by atoms with Crippen LogP contribution >= 0.6 is 0 Å². The smallest absolute Gasteiger partial charge is 0.339 e. The second-order valence-corrected chi connectivity index (χ2v) is 10.7. The fourth-order valence-electron chi connectivity index (χ4n) is 6.65. The van der Waals surface area contributed by atoms with Gasteiger partial charge in [0.25, 0.3) is 0 Å². The molecule has 0 amide bonds. The Labute approximate surface area is 204 Å². The molecule has 0 aliphatic heterocycles. The topological polar surface area (TPSA) is 69.6 Å². The van der Waals surface area contributed by atoms with Crippen LogP contribution in [0.25, 0.3) is 11.4 Å². The van der Waals surface area contributed by atoms with Crippen molar-refractivity contribution in [1.82, 2.24) is 24.9 Å². The van der Waals surface area contributed by atoms with Gasteiger partial charge in [-0.25, -0.2) is 8.78 Å². The number of benzene rings is 1. The lowest BCUT2D eigenvalue weighted by molar-refractivity contribution is -0.137. The first-order chi connectivity index (χ1) is 17.1. The van der Waals surface area contributed by atoms with E-state index in [4.69, 9.17) is 4.52 Å². The maximum Gasteiger partial charge on any atom is 0.417 e. The van der Waals surface area contributed by atoms with Gasteiger partial charge in [0, 0.05) is 42.7 Å². The van der Waals surface area contributed by atoms with Gasteiger partial charge in [-0.15, -0.1) is 10.2 Å². The van der Waals surface area contributed by atoms with Gasteiger partial charge in [-0.1, -0.05) is 29.8 Å². The summed E-state index contributed by atoms with van der Waals surface area (Å²) in [5.74, 6) is -0.920. The molecule has 0 saturated heterocycles. The Bertz CT molecular complexity index is 1280. The van der Waals surface area contributed by atoms with Crippen molar-refractivity contribution in [2.45, 2.75) is 80.7 Å². The summed E-state index contributed by atoms with van der Waals surface area (Å²) in [6, 6.07) is 5.44. The summed E-state index contributed by atoms with van der Waals surface area (Å²) in [7, 11) is 1.74. The van der Waals surface area contributed by atoms with Gasteiger partial charge >= 0.3 is 6.18 Å². The Morgan fingerprint density at radius 2 is 1.81 bits per heavy atom. The van der Waals surface area contributed by atoms with E-state index >= 15 is 0 Å². The number of alkyl halides is 5. The van der Waals surface area contributed by atoms with E-state index < -0.39 is 17.7 Å². The van der Waals surface area contributed by atoms with Crippen LogP contribution in [0, 0.1) is 5.92 Å². The quantitative estimate of drug-likeness (QED) is 0.382. The molecule has 36 heavy (non-hydrogen) atoms. The molecular formula is C25H26F5N5O. The average Bonchev–Trinajstić information content (AvgIpc) is 3.44. The maximum atomic E-state index is 13.6. The van der Waals surface area contributed by atoms with Gasteiger partial charge in [-0.3, -0.25) is 0 Å². The molecule has 3 aliphatic rings. The fourth-order valence-corrected chi connectivity index (χ4v) is 6.65. The first-order valence-electron chi connectivity index (χ1n) is 12.3. The molecule has 11 heteroatoms. The van der Waals surface area contributed by atoms with Crippen molar-refractivity contribution >= 4 is 0 Å². The van der Waals surface area contributed by atoms with E-state index in [1.54, 1.807) is 17.7 Å². The molecule has 3 aromatic rings. The van der Waals surface area contributed by atoms with Gasteiger partial charge in [0.15, 0.2) is 11.6 Å². The molecule has 192 valence electrons. The summed E-state index contributed by atoms with van der Waals surface area (Å²) >= 11 is 0. The predicted molar refractivity (Wildman–Crippen MR) is 118 cm³/mol. The lowest BCUT2D eigenvalue weighted by Gasteiger charge is -2.47. The summed E-state index contributed by atoms with van der Waals surface area (Å²) in [6.07, 6.45) is 0.150. The third-order valence-electron chi connectivity index (χ3n) is 8.44. The molecule has 6 rings (SSSR count). The van der Waals surface area contributed by atoms with Crippen molar-refractivity contribution < 1.29 is 26.5 Å². The third kappa shape index (κ3) is 3.82. The van der Waals surface area contributed by atoms with Crippen LogP contribution in [0.3, 0.4) is 0 Å². The number of halogens is 5. The number of aromatic nitrogens is 5. The van der Waals surface area contributed by atoms with Crippen molar-refractivity contribution in [3.05, 3.63) is 47.4 Å². The second-order valence-electron chi connectivity index (χ2n) is 10.7. The van der Waals surface area contributed by atoms with Crippen molar-refractivity contribution in [3.63, 3.8) is 0 Å². The Balaban J connectivity index is 1.26. The minimum Gasteiger partial charge on any atom is -0.339 e. The first kappa shape index (κ1) is 23.5.